The van der Waals surface area contributed by atoms with Crippen molar-refractivity contribution in [2.75, 3.05) is 6.61 Å². The molecule has 0 bridgehead atoms. The summed E-state index contributed by atoms with van der Waals surface area (Å²) in [5.74, 6) is -0.877. The maximum absolute atomic E-state index is 13.7. The summed E-state index contributed by atoms with van der Waals surface area (Å²) in [7, 11) is 0. The number of carbonyl (C=O) groups excluding carboxylic acids is 1. The predicted octanol–water partition coefficient (Wildman–Crippen LogP) is 4.41. The van der Waals surface area contributed by atoms with E-state index < -0.39 is 12.1 Å². The Kier molecular flexibility index (Phi) is 5.96. The van der Waals surface area contributed by atoms with Gasteiger partial charge in [0.05, 0.1) is 11.6 Å². The Hall–Kier alpha value is -0.740. The Labute approximate surface area is 116 Å². The highest BCUT2D eigenvalue weighted by Gasteiger charge is 2.21. The van der Waals surface area contributed by atoms with Gasteiger partial charge in [-0.3, -0.25) is 0 Å². The summed E-state index contributed by atoms with van der Waals surface area (Å²) in [6.45, 7) is 5.89. The summed E-state index contributed by atoms with van der Waals surface area (Å²) in [5, 5.41) is 0.845. The predicted molar refractivity (Wildman–Crippen MR) is 72.9 cm³/mol. The van der Waals surface area contributed by atoms with Gasteiger partial charge in [-0.1, -0.05) is 31.5 Å². The fourth-order valence-corrected chi connectivity index (χ4v) is 2.52. The molecule has 0 aliphatic carbocycles. The Morgan fingerprint density at radius 3 is 2.67 bits per heavy atom. The second-order valence-electron chi connectivity index (χ2n) is 3.97. The van der Waals surface area contributed by atoms with Crippen molar-refractivity contribution >= 4 is 29.3 Å². The molecule has 0 saturated carbocycles. The van der Waals surface area contributed by atoms with Crippen LogP contribution in [0, 0.1) is 0 Å². The Morgan fingerprint density at radius 1 is 1.50 bits per heavy atom. The van der Waals surface area contributed by atoms with Crippen LogP contribution in [-0.2, 0) is 9.53 Å². The zero-order valence-corrected chi connectivity index (χ0v) is 12.1. The van der Waals surface area contributed by atoms with E-state index in [-0.39, 0.29) is 12.2 Å². The summed E-state index contributed by atoms with van der Waals surface area (Å²) >= 11 is 7.65. The Balaban J connectivity index is 2.86. The van der Waals surface area contributed by atoms with Crippen LogP contribution in [0.1, 0.15) is 32.5 Å². The van der Waals surface area contributed by atoms with Gasteiger partial charge < -0.3 is 4.74 Å². The number of rotatable bonds is 5. The fourth-order valence-electron chi connectivity index (χ4n) is 1.38. The molecule has 0 saturated heterocycles. The molecular formula is C13H16ClFO2S. The molecule has 18 heavy (non-hydrogen) atoms. The maximum Gasteiger partial charge on any atom is 0.345 e. The van der Waals surface area contributed by atoms with E-state index >= 15 is 0 Å². The van der Waals surface area contributed by atoms with E-state index in [4.69, 9.17) is 11.6 Å². The minimum absolute atomic E-state index is 0.161. The van der Waals surface area contributed by atoms with Gasteiger partial charge >= 0.3 is 5.97 Å². The van der Waals surface area contributed by atoms with E-state index in [9.17, 15) is 9.18 Å². The molecule has 1 aromatic carbocycles. The van der Waals surface area contributed by atoms with Gasteiger partial charge in [0.25, 0.3) is 0 Å². The third-order valence-corrected chi connectivity index (χ3v) is 3.61. The highest BCUT2D eigenvalue weighted by Crippen LogP contribution is 2.33. The van der Waals surface area contributed by atoms with Crippen molar-refractivity contribution in [2.45, 2.75) is 37.1 Å². The fraction of sp³-hybridized carbons (Fsp3) is 0.462. The van der Waals surface area contributed by atoms with Crippen LogP contribution in [0.3, 0.4) is 0 Å². The van der Waals surface area contributed by atoms with Crippen molar-refractivity contribution in [3.8, 4) is 0 Å². The second kappa shape index (κ2) is 7.00. The number of thioether (sulfide) groups is 1. The average Bonchev–Trinajstić information content (AvgIpc) is 2.30. The van der Waals surface area contributed by atoms with Gasteiger partial charge in [0.15, 0.2) is 0 Å². The third kappa shape index (κ3) is 4.18. The number of hydrogen-bond donors (Lipinski definition) is 0. The molecule has 1 rings (SSSR count). The van der Waals surface area contributed by atoms with Crippen molar-refractivity contribution in [2.24, 2.45) is 0 Å². The molecule has 5 heteroatoms. The lowest BCUT2D eigenvalue weighted by atomic mass is 10.1. The number of carbonyl (C=O) groups is 1. The van der Waals surface area contributed by atoms with Gasteiger partial charge in [0, 0.05) is 10.1 Å². The molecule has 2 nitrogen and oxygen atoms in total. The molecular weight excluding hydrogens is 275 g/mol. The highest BCUT2D eigenvalue weighted by atomic mass is 35.5. The summed E-state index contributed by atoms with van der Waals surface area (Å²) in [5.41, 5.74) is 0.228. The van der Waals surface area contributed by atoms with Crippen LogP contribution >= 0.6 is 23.4 Å². The van der Waals surface area contributed by atoms with Crippen LogP contribution in [-0.4, -0.2) is 17.8 Å². The molecule has 100 valence electrons. The van der Waals surface area contributed by atoms with Crippen LogP contribution < -0.4 is 0 Å². The lowest BCUT2D eigenvalue weighted by molar-refractivity contribution is -0.149. The molecule has 0 radical (unpaired) electrons. The van der Waals surface area contributed by atoms with Crippen LogP contribution in [0.4, 0.5) is 4.39 Å². The maximum atomic E-state index is 13.7. The van der Waals surface area contributed by atoms with Crippen LogP contribution in [0.15, 0.2) is 23.1 Å². The van der Waals surface area contributed by atoms with Crippen molar-refractivity contribution in [3.05, 3.63) is 28.8 Å². The number of benzene rings is 1. The molecule has 0 aliphatic rings. The van der Waals surface area contributed by atoms with Crippen LogP contribution in [0.25, 0.3) is 0 Å². The van der Waals surface area contributed by atoms with Crippen molar-refractivity contribution in [1.29, 1.82) is 0 Å². The highest BCUT2D eigenvalue weighted by molar-refractivity contribution is 8.00. The molecule has 0 spiro atoms. The molecule has 0 aliphatic heterocycles. The van der Waals surface area contributed by atoms with Gasteiger partial charge in [-0.25, -0.2) is 9.18 Å². The molecule has 0 N–H and O–H groups in total. The molecule has 1 aromatic rings. The van der Waals surface area contributed by atoms with Gasteiger partial charge in [0.2, 0.25) is 6.17 Å². The number of halogens is 2. The van der Waals surface area contributed by atoms with Gasteiger partial charge in [-0.2, -0.15) is 0 Å². The third-order valence-electron chi connectivity index (χ3n) is 2.10. The summed E-state index contributed by atoms with van der Waals surface area (Å²) in [6, 6.07) is 4.78. The van der Waals surface area contributed by atoms with E-state index in [1.807, 2.05) is 13.8 Å². The SMILES string of the molecule is CCOC(=O)C(F)c1ccc(SC(C)C)c(Cl)c1. The molecule has 0 fully saturated rings. The molecule has 1 unspecified atom stereocenters. The largest absolute Gasteiger partial charge is 0.464 e. The Bertz CT molecular complexity index is 423. The van der Waals surface area contributed by atoms with E-state index in [1.165, 1.54) is 6.07 Å². The minimum atomic E-state index is -1.78. The van der Waals surface area contributed by atoms with Gasteiger partial charge in [-0.05, 0) is 24.6 Å². The summed E-state index contributed by atoms with van der Waals surface area (Å²) < 4.78 is 18.4. The summed E-state index contributed by atoms with van der Waals surface area (Å²) in [6.07, 6.45) is -1.78. The first kappa shape index (κ1) is 15.3. The number of ether oxygens (including phenoxy) is 1. The first-order chi connectivity index (χ1) is 8.45. The van der Waals surface area contributed by atoms with E-state index in [2.05, 4.69) is 4.74 Å². The number of esters is 1. The standard InChI is InChI=1S/C13H16ClFO2S/c1-4-17-13(16)12(15)9-5-6-11(10(14)7-9)18-8(2)3/h5-8,12H,4H2,1-3H3. The van der Waals surface area contributed by atoms with E-state index in [0.717, 1.165) is 4.90 Å². The second-order valence-corrected chi connectivity index (χ2v) is 6.00. The molecule has 0 amide bonds. The van der Waals surface area contributed by atoms with E-state index in [1.54, 1.807) is 30.8 Å². The van der Waals surface area contributed by atoms with Crippen molar-refractivity contribution < 1.29 is 13.9 Å². The quantitative estimate of drug-likeness (QED) is 0.593. The number of hydrogen-bond acceptors (Lipinski definition) is 3. The Morgan fingerprint density at radius 2 is 2.17 bits per heavy atom. The minimum Gasteiger partial charge on any atom is -0.464 e. The van der Waals surface area contributed by atoms with Gasteiger partial charge in [-0.15, -0.1) is 11.8 Å². The molecule has 0 aromatic heterocycles. The smallest absolute Gasteiger partial charge is 0.345 e. The lowest BCUT2D eigenvalue weighted by Gasteiger charge is -2.11. The summed E-state index contributed by atoms with van der Waals surface area (Å²) in [4.78, 5) is 12.2. The van der Waals surface area contributed by atoms with Crippen molar-refractivity contribution in [3.63, 3.8) is 0 Å². The van der Waals surface area contributed by atoms with E-state index in [0.29, 0.717) is 10.3 Å². The molecule has 1 atom stereocenters. The average molecular weight is 291 g/mol. The zero-order valence-electron chi connectivity index (χ0n) is 10.6. The van der Waals surface area contributed by atoms with Gasteiger partial charge in [0.1, 0.15) is 0 Å². The lowest BCUT2D eigenvalue weighted by Crippen LogP contribution is -2.11. The first-order valence-corrected chi connectivity index (χ1v) is 6.98. The van der Waals surface area contributed by atoms with Crippen LogP contribution in [0.5, 0.6) is 0 Å². The van der Waals surface area contributed by atoms with Crippen LogP contribution in [0.2, 0.25) is 5.02 Å². The normalized spacial score (nSPS) is 12.6. The molecule has 0 heterocycles. The van der Waals surface area contributed by atoms with Crippen molar-refractivity contribution in [1.82, 2.24) is 0 Å². The monoisotopic (exact) mass is 290 g/mol. The zero-order chi connectivity index (χ0) is 13.7. The number of alkyl halides is 1. The first-order valence-electron chi connectivity index (χ1n) is 5.72. The topological polar surface area (TPSA) is 26.3 Å².